The number of rotatable bonds is 2. The highest BCUT2D eigenvalue weighted by molar-refractivity contribution is 7.71. The van der Waals surface area contributed by atoms with Crippen molar-refractivity contribution in [2.45, 2.75) is 32.2 Å². The molecule has 1 aromatic rings. The van der Waals surface area contributed by atoms with E-state index in [9.17, 15) is 0 Å². The van der Waals surface area contributed by atoms with Gasteiger partial charge in [-0.15, -0.1) is 0 Å². The largest absolute Gasteiger partial charge is 0.337 e. The van der Waals surface area contributed by atoms with Crippen LogP contribution in [0.5, 0.6) is 0 Å². The molecule has 2 heterocycles. The Hall–Kier alpha value is -0.610. The maximum atomic E-state index is 5.34. The van der Waals surface area contributed by atoms with Crippen molar-refractivity contribution in [3.8, 4) is 0 Å². The second-order valence-corrected chi connectivity index (χ2v) is 4.73. The van der Waals surface area contributed by atoms with Gasteiger partial charge in [0.25, 0.3) is 0 Å². The fourth-order valence-corrected chi connectivity index (χ4v) is 2.67. The minimum Gasteiger partial charge on any atom is -0.337 e. The number of nitrogens with one attached hydrogen (secondary N) is 1. The Morgan fingerprint density at radius 3 is 2.73 bits per heavy atom. The number of nitrogens with zero attached hydrogens (tertiary/aromatic N) is 2. The second kappa shape index (κ2) is 4.49. The third-order valence-electron chi connectivity index (χ3n) is 3.31. The average Bonchev–Trinajstić information content (AvgIpc) is 2.61. The van der Waals surface area contributed by atoms with Crippen LogP contribution >= 0.6 is 12.2 Å². The number of piperidine rings is 1. The van der Waals surface area contributed by atoms with Crippen LogP contribution < -0.4 is 0 Å². The molecule has 0 aromatic carbocycles. The Kier molecular flexibility index (Phi) is 3.26. The molecule has 2 rings (SSSR count). The first-order valence-electron chi connectivity index (χ1n) is 5.69. The number of H-pyrrole nitrogens is 1. The van der Waals surface area contributed by atoms with Gasteiger partial charge in [-0.05, 0) is 51.6 Å². The molecule has 1 fully saturated rings. The van der Waals surface area contributed by atoms with Gasteiger partial charge >= 0.3 is 0 Å². The van der Waals surface area contributed by atoms with Gasteiger partial charge in [-0.25, -0.2) is 0 Å². The van der Waals surface area contributed by atoms with Crippen LogP contribution in [0.3, 0.4) is 0 Å². The number of hydrogen-bond donors (Lipinski definition) is 1. The van der Waals surface area contributed by atoms with Crippen LogP contribution in [0.25, 0.3) is 0 Å². The number of aryl methyl sites for hydroxylation is 1. The molecule has 0 aliphatic carbocycles. The number of imidazole rings is 1. The number of aromatic nitrogens is 2. The van der Waals surface area contributed by atoms with E-state index in [0.717, 1.165) is 11.2 Å². The molecule has 0 unspecified atom stereocenters. The summed E-state index contributed by atoms with van der Waals surface area (Å²) in [5.41, 5.74) is 1.34. The Labute approximate surface area is 96.1 Å². The first-order valence-corrected chi connectivity index (χ1v) is 6.10. The molecule has 4 heteroatoms. The van der Waals surface area contributed by atoms with Crippen LogP contribution in [0, 0.1) is 4.77 Å². The minimum atomic E-state index is 0.606. The van der Waals surface area contributed by atoms with Gasteiger partial charge in [0.15, 0.2) is 4.77 Å². The van der Waals surface area contributed by atoms with Crippen LogP contribution in [0.4, 0.5) is 0 Å². The van der Waals surface area contributed by atoms with Crippen molar-refractivity contribution in [3.05, 3.63) is 16.7 Å². The predicted octanol–water partition coefficient (Wildman–Crippen LogP) is 2.37. The van der Waals surface area contributed by atoms with Crippen LogP contribution in [0.2, 0.25) is 0 Å². The smallest absolute Gasteiger partial charge is 0.177 e. The van der Waals surface area contributed by atoms with Crippen molar-refractivity contribution in [1.29, 1.82) is 0 Å². The van der Waals surface area contributed by atoms with E-state index < -0.39 is 0 Å². The predicted molar refractivity (Wildman–Crippen MR) is 64.8 cm³/mol. The van der Waals surface area contributed by atoms with Gasteiger partial charge in [0.05, 0.1) is 0 Å². The molecule has 1 aromatic heterocycles. The van der Waals surface area contributed by atoms with Crippen molar-refractivity contribution < 1.29 is 0 Å². The molecule has 0 atom stereocenters. The molecule has 0 saturated carbocycles. The van der Waals surface area contributed by atoms with Gasteiger partial charge in [0, 0.05) is 17.9 Å². The highest BCUT2D eigenvalue weighted by Crippen LogP contribution is 2.24. The van der Waals surface area contributed by atoms with Gasteiger partial charge < -0.3 is 14.5 Å². The van der Waals surface area contributed by atoms with Crippen molar-refractivity contribution in [1.82, 2.24) is 14.5 Å². The molecule has 15 heavy (non-hydrogen) atoms. The summed E-state index contributed by atoms with van der Waals surface area (Å²) in [4.78, 5) is 5.55. The lowest BCUT2D eigenvalue weighted by Crippen LogP contribution is -2.32. The number of likely N-dealkylation sites (tertiary alicyclic amines) is 1. The normalized spacial score (nSPS) is 19.6. The van der Waals surface area contributed by atoms with Crippen molar-refractivity contribution in [2.75, 3.05) is 20.1 Å². The number of hydrogen-bond acceptors (Lipinski definition) is 2. The standard InChI is InChI=1S/C11H19N3S/c1-3-9-8-12-11(15)14(9)10-4-6-13(2)7-5-10/h8,10H,3-7H2,1-2H3,(H,12,15). The van der Waals surface area contributed by atoms with Crippen molar-refractivity contribution in [3.63, 3.8) is 0 Å². The summed E-state index contributed by atoms with van der Waals surface area (Å²) in [6, 6.07) is 0.606. The third kappa shape index (κ3) is 2.16. The molecule has 3 nitrogen and oxygen atoms in total. The monoisotopic (exact) mass is 225 g/mol. The van der Waals surface area contributed by atoms with E-state index in [2.05, 4.69) is 34.6 Å². The lowest BCUT2D eigenvalue weighted by Gasteiger charge is -2.30. The lowest BCUT2D eigenvalue weighted by molar-refractivity contribution is 0.218. The van der Waals surface area contributed by atoms with Crippen LogP contribution in [0.1, 0.15) is 31.5 Å². The Balaban J connectivity index is 2.21. The summed E-state index contributed by atoms with van der Waals surface area (Å²) >= 11 is 5.34. The molecule has 1 aliphatic rings. The molecule has 0 spiro atoms. The SMILES string of the molecule is CCc1c[nH]c(=S)n1C1CCN(C)CC1. The Bertz CT molecular complexity index is 371. The quantitative estimate of drug-likeness (QED) is 0.781. The van der Waals surface area contributed by atoms with Crippen molar-refractivity contribution >= 4 is 12.2 Å². The molecular formula is C11H19N3S. The van der Waals surface area contributed by atoms with E-state index in [1.807, 2.05) is 0 Å². The summed E-state index contributed by atoms with van der Waals surface area (Å²) in [5, 5.41) is 0. The van der Waals surface area contributed by atoms with E-state index in [1.165, 1.54) is 31.6 Å². The van der Waals surface area contributed by atoms with Gasteiger partial charge in [-0.2, -0.15) is 0 Å². The summed E-state index contributed by atoms with van der Waals surface area (Å²) in [6.07, 6.45) is 5.55. The van der Waals surface area contributed by atoms with E-state index in [4.69, 9.17) is 12.2 Å². The fourth-order valence-electron chi connectivity index (χ4n) is 2.34. The summed E-state index contributed by atoms with van der Waals surface area (Å²) in [5.74, 6) is 0. The summed E-state index contributed by atoms with van der Waals surface area (Å²) in [6.45, 7) is 4.55. The van der Waals surface area contributed by atoms with E-state index in [0.29, 0.717) is 6.04 Å². The van der Waals surface area contributed by atoms with Gasteiger partial charge in [-0.1, -0.05) is 6.92 Å². The Morgan fingerprint density at radius 1 is 1.47 bits per heavy atom. The zero-order valence-electron chi connectivity index (χ0n) is 9.49. The van der Waals surface area contributed by atoms with Crippen LogP contribution in [-0.4, -0.2) is 34.6 Å². The van der Waals surface area contributed by atoms with Gasteiger partial charge in [0.2, 0.25) is 0 Å². The lowest BCUT2D eigenvalue weighted by atomic mass is 10.1. The molecule has 1 saturated heterocycles. The van der Waals surface area contributed by atoms with Gasteiger partial charge in [-0.3, -0.25) is 0 Å². The molecule has 0 bridgehead atoms. The fraction of sp³-hybridized carbons (Fsp3) is 0.727. The van der Waals surface area contributed by atoms with Crippen LogP contribution in [-0.2, 0) is 6.42 Å². The molecule has 1 aliphatic heterocycles. The molecule has 0 amide bonds. The Morgan fingerprint density at radius 2 is 2.13 bits per heavy atom. The highest BCUT2D eigenvalue weighted by Gasteiger charge is 2.20. The molecular weight excluding hydrogens is 206 g/mol. The first-order chi connectivity index (χ1) is 7.22. The maximum absolute atomic E-state index is 5.34. The number of aromatic amines is 1. The third-order valence-corrected chi connectivity index (χ3v) is 3.62. The molecule has 84 valence electrons. The van der Waals surface area contributed by atoms with Gasteiger partial charge in [0.1, 0.15) is 0 Å². The van der Waals surface area contributed by atoms with E-state index >= 15 is 0 Å². The summed E-state index contributed by atoms with van der Waals surface area (Å²) < 4.78 is 3.21. The highest BCUT2D eigenvalue weighted by atomic mass is 32.1. The second-order valence-electron chi connectivity index (χ2n) is 4.34. The topological polar surface area (TPSA) is 24.0 Å². The molecule has 1 N–H and O–H groups in total. The first kappa shape index (κ1) is 10.9. The minimum absolute atomic E-state index is 0.606. The van der Waals surface area contributed by atoms with Crippen molar-refractivity contribution in [2.24, 2.45) is 0 Å². The van der Waals surface area contributed by atoms with E-state index in [-0.39, 0.29) is 0 Å². The maximum Gasteiger partial charge on any atom is 0.177 e. The average molecular weight is 225 g/mol. The summed E-state index contributed by atoms with van der Waals surface area (Å²) in [7, 11) is 2.19. The molecule has 0 radical (unpaired) electrons. The zero-order valence-corrected chi connectivity index (χ0v) is 10.3. The zero-order chi connectivity index (χ0) is 10.8. The van der Waals surface area contributed by atoms with Crippen LogP contribution in [0.15, 0.2) is 6.20 Å². The van der Waals surface area contributed by atoms with E-state index in [1.54, 1.807) is 0 Å².